The minimum absolute atomic E-state index is 0.0772. The molecular formula is C30H27F3N6O3. The van der Waals surface area contributed by atoms with Gasteiger partial charge in [0.05, 0.1) is 52.4 Å². The molecule has 7 rings (SSSR count). The highest BCUT2D eigenvalue weighted by Crippen LogP contribution is 2.43. The highest BCUT2D eigenvalue weighted by molar-refractivity contribution is 6.07. The zero-order valence-electron chi connectivity index (χ0n) is 22.5. The minimum Gasteiger partial charge on any atom is -0.474 e. The van der Waals surface area contributed by atoms with Gasteiger partial charge >= 0.3 is 6.18 Å². The molecule has 0 bridgehead atoms. The van der Waals surface area contributed by atoms with Crippen molar-refractivity contribution in [2.45, 2.75) is 37.4 Å². The van der Waals surface area contributed by atoms with Crippen LogP contribution in [-0.4, -0.2) is 67.8 Å². The maximum absolute atomic E-state index is 14.1. The van der Waals surface area contributed by atoms with Crippen LogP contribution in [0.3, 0.4) is 0 Å². The van der Waals surface area contributed by atoms with Crippen LogP contribution in [-0.2, 0) is 17.4 Å². The number of nitrogens with zero attached hydrogens (tertiary/aromatic N) is 5. The van der Waals surface area contributed by atoms with E-state index in [-0.39, 0.29) is 48.6 Å². The number of hydrogen-bond donors (Lipinski definition) is 1. The quantitative estimate of drug-likeness (QED) is 0.353. The average Bonchev–Trinajstić information content (AvgIpc) is 3.59. The van der Waals surface area contributed by atoms with Crippen molar-refractivity contribution in [2.24, 2.45) is 0 Å². The number of nitrogens with one attached hydrogen (secondary N) is 1. The molecule has 216 valence electrons. The summed E-state index contributed by atoms with van der Waals surface area (Å²) < 4.78 is 48.9. The smallest absolute Gasteiger partial charge is 0.418 e. The lowest BCUT2D eigenvalue weighted by Crippen LogP contribution is -2.48. The zero-order valence-corrected chi connectivity index (χ0v) is 22.5. The molecule has 12 heteroatoms. The van der Waals surface area contributed by atoms with E-state index in [0.29, 0.717) is 23.8 Å². The summed E-state index contributed by atoms with van der Waals surface area (Å²) >= 11 is 0. The summed E-state index contributed by atoms with van der Waals surface area (Å²) in [6.07, 6.45) is 0.664. The highest BCUT2D eigenvalue weighted by Gasteiger charge is 2.41. The number of carbonyl (C=O) groups excluding carboxylic acids is 2. The maximum atomic E-state index is 14.1. The number of amides is 2. The van der Waals surface area contributed by atoms with Gasteiger partial charge in [-0.25, -0.2) is 4.68 Å². The third-order valence-electron chi connectivity index (χ3n) is 8.36. The normalized spacial score (nSPS) is 18.7. The van der Waals surface area contributed by atoms with Gasteiger partial charge in [-0.3, -0.25) is 14.7 Å². The molecule has 1 atom stereocenters. The van der Waals surface area contributed by atoms with Gasteiger partial charge in [0.25, 0.3) is 5.91 Å². The number of halogens is 3. The fourth-order valence-electron chi connectivity index (χ4n) is 6.11. The second kappa shape index (κ2) is 9.74. The van der Waals surface area contributed by atoms with Gasteiger partial charge in [-0.2, -0.15) is 18.3 Å². The van der Waals surface area contributed by atoms with E-state index in [0.717, 1.165) is 17.4 Å². The van der Waals surface area contributed by atoms with Gasteiger partial charge in [0, 0.05) is 24.9 Å². The summed E-state index contributed by atoms with van der Waals surface area (Å²) in [6.45, 7) is 4.49. The Balaban J connectivity index is 1.32. The first kappa shape index (κ1) is 26.3. The first-order chi connectivity index (χ1) is 20.2. The molecule has 42 heavy (non-hydrogen) atoms. The Morgan fingerprint density at radius 3 is 2.60 bits per heavy atom. The molecule has 2 amide bonds. The zero-order chi connectivity index (χ0) is 29.2. The number of rotatable bonds is 4. The lowest BCUT2D eigenvalue weighted by atomic mass is 9.95. The number of alkyl halides is 3. The first-order valence-corrected chi connectivity index (χ1v) is 13.8. The summed E-state index contributed by atoms with van der Waals surface area (Å²) in [5.74, 6) is 0.217. The Morgan fingerprint density at radius 2 is 1.88 bits per heavy atom. The molecule has 4 aromatic rings. The number of hydrogen-bond acceptors (Lipinski definition) is 5. The third-order valence-corrected chi connectivity index (χ3v) is 8.36. The Morgan fingerprint density at radius 1 is 1.10 bits per heavy atom. The molecule has 0 saturated heterocycles. The fraction of sp³-hybridized carbons (Fsp3) is 0.333. The molecule has 1 N–H and O–H groups in total. The average molecular weight is 577 g/mol. The highest BCUT2D eigenvalue weighted by atomic mass is 19.4. The van der Waals surface area contributed by atoms with Crippen LogP contribution < -0.4 is 4.74 Å². The monoisotopic (exact) mass is 576 g/mol. The molecule has 9 nitrogen and oxygen atoms in total. The summed E-state index contributed by atoms with van der Waals surface area (Å²) in [5, 5.41) is 11.1. The maximum Gasteiger partial charge on any atom is 0.418 e. The Hall–Kier alpha value is -4.61. The number of benzene rings is 2. The van der Waals surface area contributed by atoms with Crippen LogP contribution in [0.25, 0.3) is 16.6 Å². The van der Waals surface area contributed by atoms with Gasteiger partial charge < -0.3 is 14.5 Å². The number of fused-ring (bicyclic) bond motifs is 1. The third kappa shape index (κ3) is 4.32. The minimum atomic E-state index is -4.62. The van der Waals surface area contributed by atoms with Crippen molar-refractivity contribution in [1.82, 2.24) is 29.8 Å². The summed E-state index contributed by atoms with van der Waals surface area (Å²) in [6, 6.07) is 9.72. The van der Waals surface area contributed by atoms with Gasteiger partial charge in [0.2, 0.25) is 11.8 Å². The van der Waals surface area contributed by atoms with Crippen molar-refractivity contribution in [2.75, 3.05) is 26.2 Å². The molecule has 2 aliphatic heterocycles. The van der Waals surface area contributed by atoms with Crippen molar-refractivity contribution in [3.8, 4) is 11.6 Å². The molecular weight excluding hydrogens is 549 g/mol. The van der Waals surface area contributed by atoms with Crippen LogP contribution in [0.1, 0.15) is 57.5 Å². The van der Waals surface area contributed by atoms with Gasteiger partial charge in [-0.05, 0) is 54.7 Å². The largest absolute Gasteiger partial charge is 0.474 e. The fourth-order valence-corrected chi connectivity index (χ4v) is 6.11. The standard InChI is InChI=1S/C30H27F3N6O3/c1-2-25(40)37-13-14-42-28-26-23(39(36-28)19-7-5-18(6-8-19)17-3-4-17)11-12-38(24(26)16-37)29(41)20-9-10-22(30(31,32)33)27-21(20)15-34-35-27/h2,5-10,15,17,24H,1,3-4,11-14,16H2,(H,34,35)/t24-/m0/s1. The molecule has 1 saturated carbocycles. The molecule has 2 aromatic heterocycles. The summed E-state index contributed by atoms with van der Waals surface area (Å²) in [4.78, 5) is 30.0. The molecule has 0 spiro atoms. The number of aromatic nitrogens is 4. The Labute approximate surface area is 238 Å². The van der Waals surface area contributed by atoms with Crippen molar-refractivity contribution in [1.29, 1.82) is 0 Å². The van der Waals surface area contributed by atoms with Crippen molar-refractivity contribution >= 4 is 22.7 Å². The van der Waals surface area contributed by atoms with E-state index in [1.807, 2.05) is 16.8 Å². The van der Waals surface area contributed by atoms with E-state index in [1.165, 1.54) is 36.7 Å². The van der Waals surface area contributed by atoms with Crippen LogP contribution in [0, 0.1) is 0 Å². The molecule has 4 heterocycles. The number of carbonyl (C=O) groups is 2. The second-order valence-electron chi connectivity index (χ2n) is 10.9. The molecule has 1 fully saturated rings. The number of aromatic amines is 1. The Kier molecular flexibility index (Phi) is 6.10. The van der Waals surface area contributed by atoms with Crippen molar-refractivity contribution in [3.63, 3.8) is 0 Å². The molecule has 0 radical (unpaired) electrons. The van der Waals surface area contributed by atoms with Gasteiger partial charge in [0.15, 0.2) is 0 Å². The predicted octanol–water partition coefficient (Wildman–Crippen LogP) is 4.79. The molecule has 3 aliphatic rings. The summed E-state index contributed by atoms with van der Waals surface area (Å²) in [5.41, 5.74) is 2.66. The van der Waals surface area contributed by atoms with E-state index >= 15 is 0 Å². The van der Waals surface area contributed by atoms with Crippen LogP contribution >= 0.6 is 0 Å². The van der Waals surface area contributed by atoms with E-state index in [9.17, 15) is 22.8 Å². The number of H-pyrrole nitrogens is 1. The van der Waals surface area contributed by atoms with E-state index in [4.69, 9.17) is 9.84 Å². The SMILES string of the molecule is C=CC(=O)N1CCOc2nn(-c3ccc(C4CC4)cc3)c3c2[C@H](C1)N(C(=O)c1ccc(C(F)(F)F)c2[nH]ncc12)CC3. The lowest BCUT2D eigenvalue weighted by Gasteiger charge is -2.40. The predicted molar refractivity (Wildman–Crippen MR) is 146 cm³/mol. The van der Waals surface area contributed by atoms with Gasteiger partial charge in [0.1, 0.15) is 6.61 Å². The first-order valence-electron chi connectivity index (χ1n) is 13.8. The van der Waals surface area contributed by atoms with Crippen LogP contribution in [0.4, 0.5) is 13.2 Å². The lowest BCUT2D eigenvalue weighted by molar-refractivity contribution is -0.136. The molecule has 2 aromatic carbocycles. The van der Waals surface area contributed by atoms with Crippen molar-refractivity contribution in [3.05, 3.63) is 83.2 Å². The summed E-state index contributed by atoms with van der Waals surface area (Å²) in [7, 11) is 0. The molecule has 1 aliphatic carbocycles. The molecule has 0 unspecified atom stereocenters. The van der Waals surface area contributed by atoms with Crippen LogP contribution in [0.15, 0.2) is 55.3 Å². The van der Waals surface area contributed by atoms with Crippen LogP contribution in [0.2, 0.25) is 0 Å². The number of ether oxygens (including phenoxy) is 1. The van der Waals surface area contributed by atoms with E-state index < -0.39 is 23.7 Å². The van der Waals surface area contributed by atoms with E-state index in [2.05, 4.69) is 28.9 Å². The van der Waals surface area contributed by atoms with Crippen LogP contribution in [0.5, 0.6) is 5.88 Å². The van der Waals surface area contributed by atoms with Gasteiger partial charge in [-0.1, -0.05) is 18.7 Å². The topological polar surface area (TPSA) is 96.4 Å². The van der Waals surface area contributed by atoms with E-state index in [1.54, 1.807) is 9.80 Å². The van der Waals surface area contributed by atoms with Crippen molar-refractivity contribution < 1.29 is 27.5 Å². The Bertz CT molecular complexity index is 1720. The van der Waals surface area contributed by atoms with Gasteiger partial charge in [-0.15, -0.1) is 5.10 Å². The second-order valence-corrected chi connectivity index (χ2v) is 10.9.